The Labute approximate surface area is 111 Å². The monoisotopic (exact) mass is 252 g/mol. The molecule has 2 heterocycles. The number of hydrogen-bond donors (Lipinski definition) is 1. The highest BCUT2D eigenvalue weighted by Crippen LogP contribution is 2.32. The number of hydrogen-bond acceptors (Lipinski definition) is 3. The highest BCUT2D eigenvalue weighted by molar-refractivity contribution is 4.90. The maximum Gasteiger partial charge on any atom is 0.0580 e. The molecule has 2 aliphatic heterocycles. The molecule has 0 aromatic carbocycles. The minimum Gasteiger partial charge on any atom is -0.393 e. The summed E-state index contributed by atoms with van der Waals surface area (Å²) in [5.74, 6) is 1.44. The van der Waals surface area contributed by atoms with E-state index in [-0.39, 0.29) is 6.10 Å². The van der Waals surface area contributed by atoms with E-state index in [0.29, 0.717) is 5.92 Å². The lowest BCUT2D eigenvalue weighted by molar-refractivity contribution is 0.0211. The summed E-state index contributed by atoms with van der Waals surface area (Å²) in [7, 11) is 2.30. The number of fused-ring (bicyclic) bond motifs is 1. The van der Waals surface area contributed by atoms with E-state index in [0.717, 1.165) is 24.9 Å². The first kappa shape index (κ1) is 12.9. The van der Waals surface area contributed by atoms with E-state index in [1.54, 1.807) is 0 Å². The Morgan fingerprint density at radius 2 is 1.94 bits per heavy atom. The summed E-state index contributed by atoms with van der Waals surface area (Å²) in [5.41, 5.74) is 0. The van der Waals surface area contributed by atoms with Crippen molar-refractivity contribution in [2.75, 3.05) is 33.2 Å². The van der Waals surface area contributed by atoms with E-state index in [1.165, 1.54) is 51.7 Å². The lowest BCUT2D eigenvalue weighted by Crippen LogP contribution is -2.53. The van der Waals surface area contributed by atoms with Crippen LogP contribution in [0, 0.1) is 11.8 Å². The minimum absolute atomic E-state index is 0.0169. The van der Waals surface area contributed by atoms with Gasteiger partial charge in [-0.05, 0) is 64.1 Å². The van der Waals surface area contributed by atoms with Crippen LogP contribution in [0.4, 0.5) is 0 Å². The number of aliphatic hydroxyl groups is 1. The molecule has 3 nitrogen and oxygen atoms in total. The van der Waals surface area contributed by atoms with Gasteiger partial charge in [0.2, 0.25) is 0 Å². The molecule has 3 aliphatic rings. The van der Waals surface area contributed by atoms with Crippen molar-refractivity contribution in [2.24, 2.45) is 11.8 Å². The SMILES string of the molecule is CN1CCCC2CN(CC3CCCC3O)CCC21. The Kier molecular flexibility index (Phi) is 3.92. The van der Waals surface area contributed by atoms with Crippen LogP contribution >= 0.6 is 0 Å². The molecular formula is C15H28N2O. The summed E-state index contributed by atoms with van der Waals surface area (Å²) in [4.78, 5) is 5.22. The third-order valence-corrected chi connectivity index (χ3v) is 5.54. The molecule has 18 heavy (non-hydrogen) atoms. The summed E-state index contributed by atoms with van der Waals surface area (Å²) in [6.45, 7) is 4.96. The zero-order valence-electron chi connectivity index (χ0n) is 11.7. The van der Waals surface area contributed by atoms with Gasteiger partial charge in [-0.2, -0.15) is 0 Å². The van der Waals surface area contributed by atoms with Crippen LogP contribution in [0.5, 0.6) is 0 Å². The fourth-order valence-corrected chi connectivity index (χ4v) is 4.46. The maximum absolute atomic E-state index is 9.96. The summed E-state index contributed by atoms with van der Waals surface area (Å²) in [5, 5.41) is 9.96. The molecule has 0 radical (unpaired) electrons. The van der Waals surface area contributed by atoms with Crippen molar-refractivity contribution in [3.05, 3.63) is 0 Å². The second-order valence-corrected chi connectivity index (χ2v) is 6.76. The number of piperidine rings is 2. The zero-order valence-corrected chi connectivity index (χ0v) is 11.7. The fraction of sp³-hybridized carbons (Fsp3) is 1.00. The van der Waals surface area contributed by atoms with Gasteiger partial charge in [-0.1, -0.05) is 6.42 Å². The molecular weight excluding hydrogens is 224 g/mol. The van der Waals surface area contributed by atoms with Gasteiger partial charge in [-0.15, -0.1) is 0 Å². The molecule has 1 saturated carbocycles. The van der Waals surface area contributed by atoms with Crippen molar-refractivity contribution in [1.82, 2.24) is 9.80 Å². The molecule has 0 aromatic heterocycles. The molecule has 1 N–H and O–H groups in total. The summed E-state index contributed by atoms with van der Waals surface area (Å²) >= 11 is 0. The molecule has 4 unspecified atom stereocenters. The Hall–Kier alpha value is -0.120. The lowest BCUT2D eigenvalue weighted by atomic mass is 9.84. The molecule has 3 heteroatoms. The average Bonchev–Trinajstić information content (AvgIpc) is 2.75. The highest BCUT2D eigenvalue weighted by atomic mass is 16.3. The van der Waals surface area contributed by atoms with Crippen molar-refractivity contribution in [2.45, 2.75) is 50.7 Å². The molecule has 0 aromatic rings. The van der Waals surface area contributed by atoms with Crippen LogP contribution in [-0.4, -0.2) is 60.3 Å². The van der Waals surface area contributed by atoms with Gasteiger partial charge in [0.25, 0.3) is 0 Å². The third kappa shape index (κ3) is 2.59. The molecule has 3 fully saturated rings. The maximum atomic E-state index is 9.96. The molecule has 4 atom stereocenters. The largest absolute Gasteiger partial charge is 0.393 e. The van der Waals surface area contributed by atoms with Gasteiger partial charge in [0, 0.05) is 19.1 Å². The first-order valence-electron chi connectivity index (χ1n) is 7.84. The number of nitrogens with zero attached hydrogens (tertiary/aromatic N) is 2. The Morgan fingerprint density at radius 1 is 1.06 bits per heavy atom. The zero-order chi connectivity index (χ0) is 12.5. The van der Waals surface area contributed by atoms with Crippen molar-refractivity contribution in [3.63, 3.8) is 0 Å². The Bertz CT molecular complexity index is 284. The molecule has 0 spiro atoms. The van der Waals surface area contributed by atoms with Crippen LogP contribution in [0.1, 0.15) is 38.5 Å². The van der Waals surface area contributed by atoms with E-state index in [4.69, 9.17) is 0 Å². The van der Waals surface area contributed by atoms with Gasteiger partial charge in [-0.3, -0.25) is 0 Å². The molecule has 1 aliphatic carbocycles. The van der Waals surface area contributed by atoms with Gasteiger partial charge < -0.3 is 14.9 Å². The van der Waals surface area contributed by atoms with Crippen LogP contribution < -0.4 is 0 Å². The highest BCUT2D eigenvalue weighted by Gasteiger charge is 2.36. The topological polar surface area (TPSA) is 26.7 Å². The van der Waals surface area contributed by atoms with Crippen LogP contribution in [0.3, 0.4) is 0 Å². The van der Waals surface area contributed by atoms with Crippen molar-refractivity contribution in [1.29, 1.82) is 0 Å². The van der Waals surface area contributed by atoms with E-state index < -0.39 is 0 Å². The number of rotatable bonds is 2. The molecule has 0 amide bonds. The fourth-order valence-electron chi connectivity index (χ4n) is 4.46. The predicted molar refractivity (Wildman–Crippen MR) is 73.5 cm³/mol. The molecule has 2 saturated heterocycles. The van der Waals surface area contributed by atoms with Crippen LogP contribution in [0.15, 0.2) is 0 Å². The Morgan fingerprint density at radius 3 is 2.72 bits per heavy atom. The standard InChI is InChI=1S/C15H28N2O/c1-16-8-3-5-12-10-17(9-7-14(12)16)11-13-4-2-6-15(13)18/h12-15,18H,2-11H2,1H3. The van der Waals surface area contributed by atoms with E-state index >= 15 is 0 Å². The van der Waals surface area contributed by atoms with Crippen LogP contribution in [0.2, 0.25) is 0 Å². The number of likely N-dealkylation sites (tertiary alicyclic amines) is 2. The number of aliphatic hydroxyl groups excluding tert-OH is 1. The predicted octanol–water partition coefficient (Wildman–Crippen LogP) is 1.56. The van der Waals surface area contributed by atoms with Gasteiger partial charge in [0.15, 0.2) is 0 Å². The van der Waals surface area contributed by atoms with Gasteiger partial charge in [0.1, 0.15) is 0 Å². The molecule has 3 rings (SSSR count). The quantitative estimate of drug-likeness (QED) is 0.808. The molecule has 0 bridgehead atoms. The third-order valence-electron chi connectivity index (χ3n) is 5.54. The smallest absolute Gasteiger partial charge is 0.0580 e. The van der Waals surface area contributed by atoms with E-state index in [9.17, 15) is 5.11 Å². The Balaban J connectivity index is 1.54. The van der Waals surface area contributed by atoms with Gasteiger partial charge in [0.05, 0.1) is 6.10 Å². The van der Waals surface area contributed by atoms with Crippen molar-refractivity contribution in [3.8, 4) is 0 Å². The minimum atomic E-state index is -0.0169. The average molecular weight is 252 g/mol. The second kappa shape index (κ2) is 5.48. The van der Waals surface area contributed by atoms with Gasteiger partial charge in [-0.25, -0.2) is 0 Å². The van der Waals surface area contributed by atoms with Crippen LogP contribution in [0.25, 0.3) is 0 Å². The normalized spacial score (nSPS) is 43.0. The van der Waals surface area contributed by atoms with Crippen molar-refractivity contribution >= 4 is 0 Å². The molecule has 104 valence electrons. The lowest BCUT2D eigenvalue weighted by Gasteiger charge is -2.46. The summed E-state index contributed by atoms with van der Waals surface area (Å²) in [6, 6.07) is 0.837. The second-order valence-electron chi connectivity index (χ2n) is 6.76. The first-order valence-corrected chi connectivity index (χ1v) is 7.84. The van der Waals surface area contributed by atoms with Crippen molar-refractivity contribution < 1.29 is 5.11 Å². The summed E-state index contributed by atoms with van der Waals surface area (Å²) in [6.07, 6.45) is 7.62. The van der Waals surface area contributed by atoms with Crippen LogP contribution in [-0.2, 0) is 0 Å². The van der Waals surface area contributed by atoms with E-state index in [2.05, 4.69) is 16.8 Å². The first-order chi connectivity index (χ1) is 8.74. The van der Waals surface area contributed by atoms with Gasteiger partial charge >= 0.3 is 0 Å². The van der Waals surface area contributed by atoms with E-state index in [1.807, 2.05) is 0 Å². The summed E-state index contributed by atoms with van der Waals surface area (Å²) < 4.78 is 0.